The number of hydrogen-bond acceptors (Lipinski definition) is 5. The molecule has 0 fully saturated rings. The molecule has 0 saturated heterocycles. The molecule has 1 amide bonds. The summed E-state index contributed by atoms with van der Waals surface area (Å²) >= 11 is 0. The average Bonchev–Trinajstić information content (AvgIpc) is 3.50. The molecule has 3 aliphatic heterocycles. The summed E-state index contributed by atoms with van der Waals surface area (Å²) in [5.74, 6) is 2.04. The minimum Gasteiger partial charge on any atom is -0.491 e. The van der Waals surface area contributed by atoms with Gasteiger partial charge in [-0.2, -0.15) is 0 Å². The SMILES string of the molecule is O=C1N(CCCOCc2ccccc2)c2ccccc2C12COc1cc3c(cc12)OCO3. The molecule has 0 aliphatic carbocycles. The lowest BCUT2D eigenvalue weighted by Crippen LogP contribution is -2.43. The van der Waals surface area contributed by atoms with Gasteiger partial charge in [-0.25, -0.2) is 0 Å². The number of nitrogens with zero attached hydrogens (tertiary/aromatic N) is 1. The van der Waals surface area contributed by atoms with Gasteiger partial charge in [0.15, 0.2) is 11.5 Å². The largest absolute Gasteiger partial charge is 0.491 e. The number of rotatable bonds is 6. The monoisotopic (exact) mass is 429 g/mol. The molecule has 32 heavy (non-hydrogen) atoms. The molecule has 6 heteroatoms. The minimum absolute atomic E-state index is 0.0411. The van der Waals surface area contributed by atoms with Crippen molar-refractivity contribution in [3.05, 3.63) is 83.4 Å². The van der Waals surface area contributed by atoms with E-state index in [1.165, 1.54) is 0 Å². The number of amides is 1. The molecule has 1 atom stereocenters. The lowest BCUT2D eigenvalue weighted by Gasteiger charge is -2.23. The Balaban J connectivity index is 1.23. The molecule has 0 saturated carbocycles. The zero-order chi connectivity index (χ0) is 21.5. The molecule has 0 N–H and O–H groups in total. The molecule has 3 aromatic rings. The smallest absolute Gasteiger partial charge is 0.245 e. The van der Waals surface area contributed by atoms with Gasteiger partial charge in [-0.3, -0.25) is 4.79 Å². The molecule has 1 spiro atoms. The maximum atomic E-state index is 13.9. The van der Waals surface area contributed by atoms with Crippen LogP contribution in [0.25, 0.3) is 0 Å². The van der Waals surface area contributed by atoms with Crippen LogP contribution in [0.1, 0.15) is 23.1 Å². The highest BCUT2D eigenvalue weighted by molar-refractivity contribution is 6.11. The minimum atomic E-state index is -0.849. The maximum absolute atomic E-state index is 13.9. The van der Waals surface area contributed by atoms with Crippen LogP contribution in [0.15, 0.2) is 66.7 Å². The van der Waals surface area contributed by atoms with Gasteiger partial charge in [-0.1, -0.05) is 48.5 Å². The Bertz CT molecular complexity index is 1180. The standard InChI is InChI=1S/C26H23NO5/c28-25-26(16-30-22-14-24-23(13-20(22)26)31-17-32-24)19-9-4-5-10-21(19)27(25)11-6-12-29-15-18-7-2-1-3-8-18/h1-5,7-10,13-14H,6,11-12,15-17H2. The van der Waals surface area contributed by atoms with E-state index in [-0.39, 0.29) is 19.3 Å². The van der Waals surface area contributed by atoms with E-state index in [1.807, 2.05) is 71.6 Å². The van der Waals surface area contributed by atoms with E-state index in [4.69, 9.17) is 18.9 Å². The van der Waals surface area contributed by atoms with Crippen LogP contribution in [0.4, 0.5) is 5.69 Å². The Hall–Kier alpha value is -3.51. The summed E-state index contributed by atoms with van der Waals surface area (Å²) in [4.78, 5) is 15.7. The topological polar surface area (TPSA) is 57.2 Å². The number of anilines is 1. The lowest BCUT2D eigenvalue weighted by molar-refractivity contribution is -0.122. The van der Waals surface area contributed by atoms with Crippen molar-refractivity contribution < 1.29 is 23.7 Å². The Labute approximate surface area is 186 Å². The Morgan fingerprint density at radius 1 is 0.875 bits per heavy atom. The predicted octanol–water partition coefficient (Wildman–Crippen LogP) is 4.05. The van der Waals surface area contributed by atoms with E-state index in [0.717, 1.165) is 28.8 Å². The molecule has 1 unspecified atom stereocenters. The summed E-state index contributed by atoms with van der Waals surface area (Å²) in [6.45, 7) is 2.21. The van der Waals surface area contributed by atoms with Crippen LogP contribution in [0.3, 0.4) is 0 Å². The van der Waals surface area contributed by atoms with Crippen molar-refractivity contribution in [2.24, 2.45) is 0 Å². The summed E-state index contributed by atoms with van der Waals surface area (Å²) in [6.07, 6.45) is 0.748. The Morgan fingerprint density at radius 2 is 1.66 bits per heavy atom. The number of para-hydroxylation sites is 1. The van der Waals surface area contributed by atoms with Crippen LogP contribution in [-0.4, -0.2) is 32.5 Å². The third-order valence-electron chi connectivity index (χ3n) is 6.43. The maximum Gasteiger partial charge on any atom is 0.245 e. The van der Waals surface area contributed by atoms with Crippen molar-refractivity contribution >= 4 is 11.6 Å². The third-order valence-corrected chi connectivity index (χ3v) is 6.43. The number of hydrogen-bond donors (Lipinski definition) is 0. The number of fused-ring (bicyclic) bond motifs is 5. The quantitative estimate of drug-likeness (QED) is 0.554. The summed E-state index contributed by atoms with van der Waals surface area (Å²) in [5, 5.41) is 0. The molecule has 162 valence electrons. The predicted molar refractivity (Wildman–Crippen MR) is 118 cm³/mol. The van der Waals surface area contributed by atoms with Crippen molar-refractivity contribution in [1.82, 2.24) is 0 Å². The molecule has 6 rings (SSSR count). The van der Waals surface area contributed by atoms with Crippen molar-refractivity contribution in [2.75, 3.05) is 31.5 Å². The van der Waals surface area contributed by atoms with Gasteiger partial charge in [0.25, 0.3) is 0 Å². The van der Waals surface area contributed by atoms with E-state index >= 15 is 0 Å². The first-order valence-electron chi connectivity index (χ1n) is 10.9. The van der Waals surface area contributed by atoms with E-state index in [2.05, 4.69) is 0 Å². The van der Waals surface area contributed by atoms with E-state index < -0.39 is 5.41 Å². The molecule has 3 aliphatic rings. The summed E-state index contributed by atoms with van der Waals surface area (Å²) < 4.78 is 22.9. The van der Waals surface area contributed by atoms with E-state index in [0.29, 0.717) is 37.0 Å². The third kappa shape index (κ3) is 2.87. The Morgan fingerprint density at radius 3 is 2.53 bits per heavy atom. The zero-order valence-corrected chi connectivity index (χ0v) is 17.6. The molecule has 3 aromatic carbocycles. The van der Waals surface area contributed by atoms with Gasteiger partial charge >= 0.3 is 0 Å². The fourth-order valence-corrected chi connectivity index (χ4v) is 4.88. The summed E-state index contributed by atoms with van der Waals surface area (Å²) in [5.41, 5.74) is 3.06. The lowest BCUT2D eigenvalue weighted by atomic mass is 9.77. The molecule has 3 heterocycles. The Kier molecular flexibility index (Phi) is 4.54. The number of benzene rings is 3. The second kappa shape index (κ2) is 7.57. The van der Waals surface area contributed by atoms with Gasteiger partial charge in [0.1, 0.15) is 17.8 Å². The fourth-order valence-electron chi connectivity index (χ4n) is 4.88. The molecule has 0 bridgehead atoms. The highest BCUT2D eigenvalue weighted by Crippen LogP contribution is 2.54. The van der Waals surface area contributed by atoms with Gasteiger partial charge in [0, 0.05) is 30.5 Å². The first kappa shape index (κ1) is 19.2. The van der Waals surface area contributed by atoms with Gasteiger partial charge in [-0.05, 0) is 29.7 Å². The van der Waals surface area contributed by atoms with E-state index in [9.17, 15) is 4.79 Å². The van der Waals surface area contributed by atoms with Gasteiger partial charge < -0.3 is 23.8 Å². The second-order valence-corrected chi connectivity index (χ2v) is 8.26. The second-order valence-electron chi connectivity index (χ2n) is 8.26. The molecule has 0 radical (unpaired) electrons. The van der Waals surface area contributed by atoms with Gasteiger partial charge in [0.2, 0.25) is 12.7 Å². The van der Waals surface area contributed by atoms with Crippen LogP contribution < -0.4 is 19.1 Å². The molecule has 6 nitrogen and oxygen atoms in total. The van der Waals surface area contributed by atoms with Gasteiger partial charge in [0.05, 0.1) is 6.61 Å². The number of carbonyl (C=O) groups is 1. The summed E-state index contributed by atoms with van der Waals surface area (Å²) in [6, 6.07) is 21.8. The molecular formula is C26H23NO5. The highest BCUT2D eigenvalue weighted by Gasteiger charge is 2.57. The van der Waals surface area contributed by atoms with Gasteiger partial charge in [-0.15, -0.1) is 0 Å². The van der Waals surface area contributed by atoms with Crippen LogP contribution in [0.2, 0.25) is 0 Å². The fraction of sp³-hybridized carbons (Fsp3) is 0.269. The highest BCUT2D eigenvalue weighted by atomic mass is 16.7. The van der Waals surface area contributed by atoms with Crippen molar-refractivity contribution in [3.63, 3.8) is 0 Å². The first-order chi connectivity index (χ1) is 15.8. The number of carbonyl (C=O) groups excluding carboxylic acids is 1. The summed E-state index contributed by atoms with van der Waals surface area (Å²) in [7, 11) is 0. The van der Waals surface area contributed by atoms with Crippen LogP contribution in [0.5, 0.6) is 17.2 Å². The van der Waals surface area contributed by atoms with Crippen molar-refractivity contribution in [2.45, 2.75) is 18.4 Å². The normalized spacial score (nSPS) is 19.9. The molecular weight excluding hydrogens is 406 g/mol. The van der Waals surface area contributed by atoms with Crippen molar-refractivity contribution in [3.8, 4) is 17.2 Å². The average molecular weight is 429 g/mol. The van der Waals surface area contributed by atoms with Crippen molar-refractivity contribution in [1.29, 1.82) is 0 Å². The number of ether oxygens (including phenoxy) is 4. The van der Waals surface area contributed by atoms with Crippen LogP contribution in [-0.2, 0) is 21.6 Å². The van der Waals surface area contributed by atoms with Crippen LogP contribution in [0, 0.1) is 0 Å². The first-order valence-corrected chi connectivity index (χ1v) is 10.9. The van der Waals surface area contributed by atoms with Crippen LogP contribution >= 0.6 is 0 Å². The zero-order valence-electron chi connectivity index (χ0n) is 17.6. The molecule has 0 aromatic heterocycles. The van der Waals surface area contributed by atoms with E-state index in [1.54, 1.807) is 0 Å².